The number of rotatable bonds is 6. The summed E-state index contributed by atoms with van der Waals surface area (Å²) in [6, 6.07) is 1.76. The van der Waals surface area contributed by atoms with E-state index >= 15 is 0 Å². The molecule has 0 N–H and O–H groups in total. The maximum atomic E-state index is 10.8. The molecule has 0 bridgehead atoms. The Morgan fingerprint density at radius 2 is 1.81 bits per heavy atom. The summed E-state index contributed by atoms with van der Waals surface area (Å²) in [6.45, 7) is 3.07. The lowest BCUT2D eigenvalue weighted by atomic mass is 10.5. The summed E-state index contributed by atoms with van der Waals surface area (Å²) in [6.07, 6.45) is 1.64. The van der Waals surface area contributed by atoms with Gasteiger partial charge in [-0.25, -0.2) is 9.97 Å². The van der Waals surface area contributed by atoms with E-state index in [2.05, 4.69) is 9.97 Å². The number of hydrogen-bond donors (Lipinski definition) is 0. The highest BCUT2D eigenvalue weighted by Crippen LogP contribution is 2.18. The van der Waals surface area contributed by atoms with Gasteiger partial charge in [0.15, 0.2) is 5.16 Å². The number of hydrogen-bond acceptors (Lipinski definition) is 6. The van der Waals surface area contributed by atoms with Gasteiger partial charge < -0.3 is 0 Å². The van der Waals surface area contributed by atoms with Gasteiger partial charge in [0.2, 0.25) is 0 Å². The SMILES string of the molecule is CC(=O)CSc1ccnc(SCC(C)=O)n1. The Morgan fingerprint density at radius 3 is 2.44 bits per heavy atom. The van der Waals surface area contributed by atoms with Crippen LogP contribution < -0.4 is 0 Å². The van der Waals surface area contributed by atoms with Gasteiger partial charge in [-0.15, -0.1) is 0 Å². The molecule has 0 unspecified atom stereocenters. The minimum absolute atomic E-state index is 0.0930. The zero-order valence-corrected chi connectivity index (χ0v) is 10.7. The molecule has 6 heteroatoms. The lowest BCUT2D eigenvalue weighted by Gasteiger charge is -2.00. The molecule has 1 heterocycles. The van der Waals surface area contributed by atoms with E-state index in [4.69, 9.17) is 0 Å². The monoisotopic (exact) mass is 256 g/mol. The predicted octanol–water partition coefficient (Wildman–Crippen LogP) is 1.84. The third-order valence-electron chi connectivity index (χ3n) is 1.44. The van der Waals surface area contributed by atoms with Crippen molar-refractivity contribution in [2.45, 2.75) is 24.0 Å². The normalized spacial score (nSPS) is 10.1. The van der Waals surface area contributed by atoms with E-state index in [0.717, 1.165) is 5.03 Å². The third kappa shape index (κ3) is 5.27. The van der Waals surface area contributed by atoms with Gasteiger partial charge in [-0.2, -0.15) is 0 Å². The first-order chi connectivity index (χ1) is 7.58. The van der Waals surface area contributed by atoms with Crippen molar-refractivity contribution in [1.82, 2.24) is 9.97 Å². The fourth-order valence-electron chi connectivity index (χ4n) is 0.817. The van der Waals surface area contributed by atoms with Crippen molar-refractivity contribution in [1.29, 1.82) is 0 Å². The van der Waals surface area contributed by atoms with Crippen LogP contribution in [0.25, 0.3) is 0 Å². The van der Waals surface area contributed by atoms with Crippen molar-refractivity contribution in [3.8, 4) is 0 Å². The smallest absolute Gasteiger partial charge is 0.188 e. The van der Waals surface area contributed by atoms with Crippen LogP contribution in [0.2, 0.25) is 0 Å². The van der Waals surface area contributed by atoms with E-state index in [-0.39, 0.29) is 11.6 Å². The van der Waals surface area contributed by atoms with Crippen molar-refractivity contribution >= 4 is 35.1 Å². The van der Waals surface area contributed by atoms with Gasteiger partial charge in [0.25, 0.3) is 0 Å². The van der Waals surface area contributed by atoms with Crippen molar-refractivity contribution in [2.75, 3.05) is 11.5 Å². The van der Waals surface area contributed by atoms with Gasteiger partial charge in [0.1, 0.15) is 16.6 Å². The molecule has 0 radical (unpaired) electrons. The van der Waals surface area contributed by atoms with Crippen LogP contribution in [0.15, 0.2) is 22.4 Å². The average molecular weight is 256 g/mol. The maximum absolute atomic E-state index is 10.8. The molecule has 0 fully saturated rings. The molecule has 86 valence electrons. The summed E-state index contributed by atoms with van der Waals surface area (Å²) in [5, 5.41) is 1.33. The van der Waals surface area contributed by atoms with Crippen molar-refractivity contribution in [3.63, 3.8) is 0 Å². The quantitative estimate of drug-likeness (QED) is 0.440. The van der Waals surface area contributed by atoms with Crippen molar-refractivity contribution < 1.29 is 9.59 Å². The highest BCUT2D eigenvalue weighted by Gasteiger charge is 2.03. The summed E-state index contributed by atoms with van der Waals surface area (Å²) >= 11 is 2.68. The number of ketones is 2. The third-order valence-corrected chi connectivity index (χ3v) is 3.52. The van der Waals surface area contributed by atoms with Crippen LogP contribution in [0.3, 0.4) is 0 Å². The molecule has 4 nitrogen and oxygen atoms in total. The second kappa shape index (κ2) is 6.65. The summed E-state index contributed by atoms with van der Waals surface area (Å²) in [4.78, 5) is 29.9. The van der Waals surface area contributed by atoms with Crippen LogP contribution in [0.4, 0.5) is 0 Å². The molecule has 0 aliphatic rings. The molecular weight excluding hydrogens is 244 g/mol. The number of thioether (sulfide) groups is 2. The second-order valence-electron chi connectivity index (χ2n) is 3.16. The summed E-state index contributed by atoms with van der Waals surface area (Å²) in [5.41, 5.74) is 0. The van der Waals surface area contributed by atoms with Crippen LogP contribution in [0.1, 0.15) is 13.8 Å². The number of aromatic nitrogens is 2. The van der Waals surface area contributed by atoms with Gasteiger partial charge in [0, 0.05) is 6.20 Å². The Balaban J connectivity index is 2.56. The summed E-state index contributed by atoms with van der Waals surface area (Å²) in [5.74, 6) is 0.992. The van der Waals surface area contributed by atoms with E-state index in [1.54, 1.807) is 19.2 Å². The van der Waals surface area contributed by atoms with Crippen LogP contribution in [0, 0.1) is 0 Å². The van der Waals surface area contributed by atoms with E-state index < -0.39 is 0 Å². The Bertz CT molecular complexity index is 363. The molecule has 0 aliphatic heterocycles. The molecule has 1 aromatic rings. The zero-order valence-electron chi connectivity index (χ0n) is 9.10. The first-order valence-corrected chi connectivity index (χ1v) is 6.62. The van der Waals surface area contributed by atoms with Gasteiger partial charge in [-0.1, -0.05) is 23.5 Å². The molecule has 1 aromatic heterocycles. The Hall–Kier alpha value is -0.880. The Labute approximate surface area is 103 Å². The molecule has 0 saturated heterocycles. The second-order valence-corrected chi connectivity index (χ2v) is 5.10. The Morgan fingerprint density at radius 1 is 1.19 bits per heavy atom. The van der Waals surface area contributed by atoms with E-state index in [9.17, 15) is 9.59 Å². The van der Waals surface area contributed by atoms with Crippen LogP contribution >= 0.6 is 23.5 Å². The minimum atomic E-state index is 0.0930. The highest BCUT2D eigenvalue weighted by molar-refractivity contribution is 8.00. The van der Waals surface area contributed by atoms with Crippen molar-refractivity contribution in [3.05, 3.63) is 12.3 Å². The number of Topliss-reactive ketones (excluding diaryl/α,β-unsaturated/α-hetero) is 2. The fourth-order valence-corrected chi connectivity index (χ4v) is 2.16. The topological polar surface area (TPSA) is 59.9 Å². The van der Waals surface area contributed by atoms with Gasteiger partial charge in [-0.05, 0) is 19.9 Å². The zero-order chi connectivity index (χ0) is 12.0. The first kappa shape index (κ1) is 13.2. The molecule has 1 rings (SSSR count). The average Bonchev–Trinajstić information content (AvgIpc) is 2.24. The van der Waals surface area contributed by atoms with E-state index in [1.165, 1.54) is 30.4 Å². The molecule has 0 saturated carbocycles. The van der Waals surface area contributed by atoms with Crippen LogP contribution in [-0.4, -0.2) is 33.0 Å². The summed E-state index contributed by atoms with van der Waals surface area (Å²) in [7, 11) is 0. The molecule has 0 atom stereocenters. The molecular formula is C10H12N2O2S2. The van der Waals surface area contributed by atoms with Crippen LogP contribution in [-0.2, 0) is 9.59 Å². The van der Waals surface area contributed by atoms with Crippen LogP contribution in [0.5, 0.6) is 0 Å². The van der Waals surface area contributed by atoms with Crippen molar-refractivity contribution in [2.24, 2.45) is 0 Å². The highest BCUT2D eigenvalue weighted by atomic mass is 32.2. The lowest BCUT2D eigenvalue weighted by molar-refractivity contribution is -0.115. The van der Waals surface area contributed by atoms with E-state index in [0.29, 0.717) is 16.7 Å². The fraction of sp³-hybridized carbons (Fsp3) is 0.400. The number of carbonyl (C=O) groups excluding carboxylic acids is 2. The minimum Gasteiger partial charge on any atom is -0.299 e. The predicted molar refractivity (Wildman–Crippen MR) is 64.8 cm³/mol. The maximum Gasteiger partial charge on any atom is 0.188 e. The van der Waals surface area contributed by atoms with Gasteiger partial charge >= 0.3 is 0 Å². The first-order valence-electron chi connectivity index (χ1n) is 4.65. The number of carbonyl (C=O) groups is 2. The molecule has 0 amide bonds. The molecule has 16 heavy (non-hydrogen) atoms. The standard InChI is InChI=1S/C10H12N2O2S2/c1-7(13)5-15-9-3-4-11-10(12-9)16-6-8(2)14/h3-4H,5-6H2,1-2H3. The van der Waals surface area contributed by atoms with Gasteiger partial charge in [-0.3, -0.25) is 9.59 Å². The Kier molecular flexibility index (Phi) is 5.48. The molecule has 0 aromatic carbocycles. The van der Waals surface area contributed by atoms with E-state index in [1.807, 2.05) is 0 Å². The van der Waals surface area contributed by atoms with Gasteiger partial charge in [0.05, 0.1) is 11.5 Å². The lowest BCUT2D eigenvalue weighted by Crippen LogP contribution is -1.97. The largest absolute Gasteiger partial charge is 0.299 e. The molecule has 0 aliphatic carbocycles. The summed E-state index contributed by atoms with van der Waals surface area (Å²) < 4.78 is 0. The number of nitrogens with zero attached hydrogens (tertiary/aromatic N) is 2. The molecule has 0 spiro atoms.